The average Bonchev–Trinajstić information content (AvgIpc) is 2.46. The van der Waals surface area contributed by atoms with E-state index in [9.17, 15) is 24.9 Å². The summed E-state index contributed by atoms with van der Waals surface area (Å²) in [5, 5.41) is 54.9. The lowest BCUT2D eigenvalue weighted by atomic mass is 9.90. The molecule has 4 atom stereocenters. The third kappa shape index (κ3) is 8.81. The second-order valence-corrected chi connectivity index (χ2v) is 6.89. The van der Waals surface area contributed by atoms with Gasteiger partial charge < -0.3 is 30.6 Å². The van der Waals surface area contributed by atoms with Crippen LogP contribution in [0.4, 0.5) is 0 Å². The van der Waals surface area contributed by atoms with Gasteiger partial charge in [-0.3, -0.25) is 0 Å². The van der Waals surface area contributed by atoms with Crippen molar-refractivity contribution in [2.75, 3.05) is 29.6 Å². The lowest BCUT2D eigenvalue weighted by Crippen LogP contribution is -2.42. The van der Waals surface area contributed by atoms with Crippen LogP contribution in [0.15, 0.2) is 0 Å². The van der Waals surface area contributed by atoms with Crippen LogP contribution >= 0.6 is 23.5 Å². The minimum Gasteiger partial charge on any atom is -0.479 e. The maximum Gasteiger partial charge on any atom is 0.332 e. The molecule has 0 radical (unpaired) electrons. The van der Waals surface area contributed by atoms with E-state index in [-0.39, 0.29) is 12.4 Å². The summed E-state index contributed by atoms with van der Waals surface area (Å²) in [6.45, 7) is 0.0813. The second-order valence-electron chi connectivity index (χ2n) is 4.51. The van der Waals surface area contributed by atoms with Gasteiger partial charge in [-0.2, -0.15) is 23.5 Å². The summed E-state index contributed by atoms with van der Waals surface area (Å²) in [4.78, 5) is 21.4. The minimum absolute atomic E-state index is 0.0813. The predicted octanol–water partition coefficient (Wildman–Crippen LogP) is -1.30. The van der Waals surface area contributed by atoms with E-state index in [2.05, 4.69) is 0 Å². The van der Waals surface area contributed by atoms with Crippen LogP contribution < -0.4 is 0 Å². The number of aliphatic carboxylic acids is 2. The zero-order chi connectivity index (χ0) is 17.1. The van der Waals surface area contributed by atoms with E-state index in [4.69, 9.17) is 15.3 Å². The highest BCUT2D eigenvalue weighted by Gasteiger charge is 2.35. The van der Waals surface area contributed by atoms with Gasteiger partial charge in [-0.15, -0.1) is 0 Å². The number of carboxylic acids is 2. The lowest BCUT2D eigenvalue weighted by molar-refractivity contribution is -0.157. The first kappa shape index (κ1) is 21.5. The van der Waals surface area contributed by atoms with Gasteiger partial charge in [0.25, 0.3) is 0 Å². The highest BCUT2D eigenvalue weighted by Crippen LogP contribution is 2.21. The van der Waals surface area contributed by atoms with Crippen LogP contribution in [0, 0.1) is 5.92 Å². The summed E-state index contributed by atoms with van der Waals surface area (Å²) in [6.07, 6.45) is -5.61. The molecule has 0 saturated carbocycles. The van der Waals surface area contributed by atoms with Crippen LogP contribution in [-0.2, 0) is 9.59 Å². The molecule has 0 aromatic carbocycles. The van der Waals surface area contributed by atoms with Crippen molar-refractivity contribution in [2.45, 2.75) is 24.7 Å². The van der Waals surface area contributed by atoms with Crippen LogP contribution in [0.2, 0.25) is 0 Å². The maximum absolute atomic E-state index is 10.8. The molecule has 8 nitrogen and oxygen atoms in total. The van der Waals surface area contributed by atoms with E-state index in [0.29, 0.717) is 11.5 Å². The number of carbonyl (C=O) groups is 2. The molecule has 130 valence electrons. The van der Waals surface area contributed by atoms with Crippen molar-refractivity contribution in [2.24, 2.45) is 5.92 Å². The molecule has 0 fully saturated rings. The van der Waals surface area contributed by atoms with Crippen molar-refractivity contribution in [1.82, 2.24) is 0 Å². The molecule has 0 aromatic rings. The Kier molecular flexibility index (Phi) is 11.7. The average molecular weight is 358 g/mol. The SMILES string of the molecule is O=C(O)C(O)CC(C(O)CSCCSCCO)C(O)C(=O)O. The first-order valence-electron chi connectivity index (χ1n) is 6.57. The van der Waals surface area contributed by atoms with Gasteiger partial charge >= 0.3 is 11.9 Å². The number of hydrogen-bond donors (Lipinski definition) is 6. The van der Waals surface area contributed by atoms with Crippen molar-refractivity contribution in [3.05, 3.63) is 0 Å². The summed E-state index contributed by atoms with van der Waals surface area (Å²) >= 11 is 2.84. The highest BCUT2D eigenvalue weighted by atomic mass is 32.2. The molecular weight excluding hydrogens is 336 g/mol. The third-order valence-electron chi connectivity index (χ3n) is 2.83. The molecule has 0 amide bonds. The molecule has 0 saturated heterocycles. The van der Waals surface area contributed by atoms with E-state index in [1.54, 1.807) is 0 Å². The van der Waals surface area contributed by atoms with Crippen molar-refractivity contribution >= 4 is 35.5 Å². The van der Waals surface area contributed by atoms with Gasteiger partial charge in [-0.1, -0.05) is 0 Å². The van der Waals surface area contributed by atoms with Gasteiger partial charge in [-0.25, -0.2) is 9.59 Å². The fourth-order valence-electron chi connectivity index (χ4n) is 1.65. The maximum atomic E-state index is 10.8. The molecule has 0 heterocycles. The van der Waals surface area contributed by atoms with Crippen molar-refractivity contribution in [3.8, 4) is 0 Å². The van der Waals surface area contributed by atoms with Crippen LogP contribution in [0.1, 0.15) is 6.42 Å². The molecule has 0 aliphatic rings. The largest absolute Gasteiger partial charge is 0.479 e. The third-order valence-corrected chi connectivity index (χ3v) is 5.12. The summed E-state index contributed by atoms with van der Waals surface area (Å²) in [6, 6.07) is 0. The molecule has 0 aliphatic heterocycles. The Morgan fingerprint density at radius 2 is 1.50 bits per heavy atom. The number of carboxylic acid groups (broad SMARTS) is 2. The van der Waals surface area contributed by atoms with E-state index in [0.717, 1.165) is 5.75 Å². The zero-order valence-corrected chi connectivity index (χ0v) is 13.5. The first-order chi connectivity index (χ1) is 10.3. The van der Waals surface area contributed by atoms with E-state index >= 15 is 0 Å². The quantitative estimate of drug-likeness (QED) is 0.219. The molecule has 0 spiro atoms. The molecule has 0 bridgehead atoms. The Balaban J connectivity index is 4.40. The number of thioether (sulfide) groups is 2. The standard InChI is InChI=1S/C12H22O8S2/c13-1-2-21-3-4-22-6-9(15)7(10(16)12(19)20)5-8(14)11(17)18/h7-10,13-16H,1-6H2,(H,17,18)(H,19,20). The number of aliphatic hydroxyl groups is 4. The van der Waals surface area contributed by atoms with E-state index in [1.165, 1.54) is 23.5 Å². The van der Waals surface area contributed by atoms with E-state index in [1.807, 2.05) is 0 Å². The van der Waals surface area contributed by atoms with Gasteiger partial charge in [0, 0.05) is 28.9 Å². The van der Waals surface area contributed by atoms with Crippen molar-refractivity contribution < 1.29 is 40.2 Å². The van der Waals surface area contributed by atoms with Gasteiger partial charge in [0.15, 0.2) is 12.2 Å². The topological polar surface area (TPSA) is 156 Å². The minimum atomic E-state index is -1.95. The van der Waals surface area contributed by atoms with Crippen LogP contribution in [0.3, 0.4) is 0 Å². The number of aliphatic hydroxyl groups excluding tert-OH is 4. The smallest absolute Gasteiger partial charge is 0.332 e. The van der Waals surface area contributed by atoms with Crippen LogP contribution in [0.25, 0.3) is 0 Å². The Bertz CT molecular complexity index is 341. The molecule has 0 rings (SSSR count). The molecule has 0 aliphatic carbocycles. The second kappa shape index (κ2) is 12.0. The highest BCUT2D eigenvalue weighted by molar-refractivity contribution is 8.02. The van der Waals surface area contributed by atoms with Gasteiger partial charge in [0.05, 0.1) is 12.7 Å². The number of rotatable bonds is 13. The summed E-state index contributed by atoms with van der Waals surface area (Å²) in [7, 11) is 0. The Morgan fingerprint density at radius 3 is 2.00 bits per heavy atom. The fourth-order valence-corrected chi connectivity index (χ4v) is 3.58. The predicted molar refractivity (Wildman–Crippen MR) is 83.1 cm³/mol. The summed E-state index contributed by atoms with van der Waals surface area (Å²) < 4.78 is 0. The zero-order valence-electron chi connectivity index (χ0n) is 11.9. The van der Waals surface area contributed by atoms with Gasteiger partial charge in [0.1, 0.15) is 0 Å². The summed E-state index contributed by atoms with van der Waals surface area (Å²) in [5.41, 5.74) is 0. The molecule has 22 heavy (non-hydrogen) atoms. The fraction of sp³-hybridized carbons (Fsp3) is 0.833. The Hall–Kier alpha value is -0.520. The van der Waals surface area contributed by atoms with Crippen molar-refractivity contribution in [3.63, 3.8) is 0 Å². The molecule has 0 aromatic heterocycles. The monoisotopic (exact) mass is 358 g/mol. The van der Waals surface area contributed by atoms with Crippen LogP contribution in [-0.4, -0.2) is 90.5 Å². The van der Waals surface area contributed by atoms with Crippen LogP contribution in [0.5, 0.6) is 0 Å². The molecular formula is C12H22O8S2. The molecule has 10 heteroatoms. The molecule has 4 unspecified atom stereocenters. The normalized spacial score (nSPS) is 16.7. The molecule has 6 N–H and O–H groups in total. The number of hydrogen-bond acceptors (Lipinski definition) is 8. The van der Waals surface area contributed by atoms with E-state index < -0.39 is 42.6 Å². The van der Waals surface area contributed by atoms with Crippen molar-refractivity contribution in [1.29, 1.82) is 0 Å². The first-order valence-corrected chi connectivity index (χ1v) is 8.88. The summed E-state index contributed by atoms with van der Waals surface area (Å²) in [5.74, 6) is -2.29. The lowest BCUT2D eigenvalue weighted by Gasteiger charge is -2.26. The Labute approximate surface area is 136 Å². The van der Waals surface area contributed by atoms with Gasteiger partial charge in [0.2, 0.25) is 0 Å². The van der Waals surface area contributed by atoms with Gasteiger partial charge in [-0.05, 0) is 6.42 Å². The Morgan fingerprint density at radius 1 is 0.909 bits per heavy atom.